The molecule has 1 fully saturated rings. The molecule has 1 N–H and O–H groups in total. The molecular formula is C12H15ClFNO. The van der Waals surface area contributed by atoms with Crippen molar-refractivity contribution in [3.05, 3.63) is 29.0 Å². The Bertz CT molecular complexity index is 372. The van der Waals surface area contributed by atoms with Gasteiger partial charge in [0.2, 0.25) is 0 Å². The molecular weight excluding hydrogens is 229 g/mol. The lowest BCUT2D eigenvalue weighted by atomic mass is 10.2. The van der Waals surface area contributed by atoms with Crippen LogP contribution in [0.4, 0.5) is 10.1 Å². The molecule has 1 aliphatic heterocycles. The second-order valence-electron chi connectivity index (χ2n) is 4.16. The molecule has 0 radical (unpaired) electrons. The maximum Gasteiger partial charge on any atom is 0.141 e. The largest absolute Gasteiger partial charge is 0.382 e. The summed E-state index contributed by atoms with van der Waals surface area (Å²) in [5.74, 6) is -0.391. The summed E-state index contributed by atoms with van der Waals surface area (Å²) in [6.07, 6.45) is 2.78. The number of anilines is 1. The molecule has 2 unspecified atom stereocenters. The number of ether oxygens (including phenoxy) is 1. The number of hydrogen-bond acceptors (Lipinski definition) is 2. The average Bonchev–Trinajstić information content (AvgIpc) is 2.66. The predicted octanol–water partition coefficient (Wildman–Crippen LogP) is 3.46. The smallest absolute Gasteiger partial charge is 0.141 e. The molecule has 0 aliphatic carbocycles. The molecule has 0 bridgehead atoms. The van der Waals surface area contributed by atoms with E-state index in [1.807, 2.05) is 0 Å². The van der Waals surface area contributed by atoms with Crippen molar-refractivity contribution in [2.24, 2.45) is 0 Å². The Kier molecular flexibility index (Phi) is 3.66. The molecule has 4 heteroatoms. The fourth-order valence-corrected chi connectivity index (χ4v) is 2.05. The maximum absolute atomic E-state index is 12.9. The highest BCUT2D eigenvalue weighted by atomic mass is 35.5. The number of rotatable bonds is 3. The molecule has 0 amide bonds. The van der Waals surface area contributed by atoms with Crippen LogP contribution in [-0.4, -0.2) is 18.8 Å². The molecule has 16 heavy (non-hydrogen) atoms. The molecule has 0 aromatic heterocycles. The highest BCUT2D eigenvalue weighted by Gasteiger charge is 2.21. The van der Waals surface area contributed by atoms with Gasteiger partial charge < -0.3 is 10.1 Å². The van der Waals surface area contributed by atoms with Gasteiger partial charge in [0.25, 0.3) is 0 Å². The molecule has 2 rings (SSSR count). The molecule has 1 aromatic rings. The fourth-order valence-electron chi connectivity index (χ4n) is 1.87. The van der Waals surface area contributed by atoms with Crippen LogP contribution in [0.1, 0.15) is 19.8 Å². The van der Waals surface area contributed by atoms with Gasteiger partial charge in [-0.2, -0.15) is 0 Å². The zero-order valence-corrected chi connectivity index (χ0v) is 9.93. The molecule has 88 valence electrons. The van der Waals surface area contributed by atoms with Gasteiger partial charge in [0.15, 0.2) is 0 Å². The summed E-state index contributed by atoms with van der Waals surface area (Å²) in [7, 11) is 0. The number of benzene rings is 1. The Balaban J connectivity index is 1.87. The molecule has 1 heterocycles. The highest BCUT2D eigenvalue weighted by molar-refractivity contribution is 6.31. The van der Waals surface area contributed by atoms with Crippen LogP contribution in [0.5, 0.6) is 0 Å². The van der Waals surface area contributed by atoms with Crippen LogP contribution in [0.2, 0.25) is 5.02 Å². The molecule has 1 aliphatic rings. The third-order valence-corrected chi connectivity index (χ3v) is 3.06. The van der Waals surface area contributed by atoms with Gasteiger partial charge in [-0.05, 0) is 38.0 Å². The minimum atomic E-state index is -0.391. The minimum absolute atomic E-state index is 0.144. The Labute approximate surface area is 99.7 Å². The lowest BCUT2D eigenvalue weighted by molar-refractivity contribution is 0.0637. The third-order valence-electron chi connectivity index (χ3n) is 2.77. The van der Waals surface area contributed by atoms with E-state index in [4.69, 9.17) is 16.3 Å². The Morgan fingerprint density at radius 1 is 1.50 bits per heavy atom. The molecule has 1 saturated heterocycles. The summed E-state index contributed by atoms with van der Waals surface area (Å²) in [6, 6.07) is 4.64. The summed E-state index contributed by atoms with van der Waals surface area (Å²) in [4.78, 5) is 0. The third kappa shape index (κ3) is 2.86. The van der Waals surface area contributed by atoms with Crippen LogP contribution in [-0.2, 0) is 4.74 Å². The predicted molar refractivity (Wildman–Crippen MR) is 63.5 cm³/mol. The highest BCUT2D eigenvalue weighted by Crippen LogP contribution is 2.22. The van der Waals surface area contributed by atoms with Crippen molar-refractivity contribution < 1.29 is 9.13 Å². The summed E-state index contributed by atoms with van der Waals surface area (Å²) >= 11 is 5.69. The number of halogens is 2. The second kappa shape index (κ2) is 5.02. The van der Waals surface area contributed by atoms with Gasteiger partial charge in [0.1, 0.15) is 5.82 Å². The second-order valence-corrected chi connectivity index (χ2v) is 4.56. The monoisotopic (exact) mass is 243 g/mol. The molecule has 2 nitrogen and oxygen atoms in total. The minimum Gasteiger partial charge on any atom is -0.382 e. The van der Waals surface area contributed by atoms with Crippen molar-refractivity contribution in [3.8, 4) is 0 Å². The van der Waals surface area contributed by atoms with Crippen LogP contribution in [0, 0.1) is 5.82 Å². The lowest BCUT2D eigenvalue weighted by Crippen LogP contribution is -2.19. The Morgan fingerprint density at radius 2 is 2.31 bits per heavy atom. The Morgan fingerprint density at radius 3 is 2.94 bits per heavy atom. The number of nitrogens with one attached hydrogen (secondary N) is 1. The van der Waals surface area contributed by atoms with E-state index in [0.717, 1.165) is 25.1 Å². The van der Waals surface area contributed by atoms with E-state index in [0.29, 0.717) is 6.10 Å². The summed E-state index contributed by atoms with van der Waals surface area (Å²) < 4.78 is 18.6. The van der Waals surface area contributed by atoms with Crippen molar-refractivity contribution in [2.45, 2.75) is 32.0 Å². The zero-order chi connectivity index (χ0) is 11.5. The van der Waals surface area contributed by atoms with Crippen LogP contribution >= 0.6 is 11.6 Å². The van der Waals surface area contributed by atoms with E-state index in [1.165, 1.54) is 6.07 Å². The Hall–Kier alpha value is -0.800. The van der Waals surface area contributed by atoms with Crippen molar-refractivity contribution in [3.63, 3.8) is 0 Å². The van der Waals surface area contributed by atoms with Crippen LogP contribution in [0.25, 0.3) is 0 Å². The first kappa shape index (κ1) is 11.7. The molecule has 2 atom stereocenters. The van der Waals surface area contributed by atoms with Gasteiger partial charge in [-0.3, -0.25) is 0 Å². The first-order valence-corrected chi connectivity index (χ1v) is 5.87. The summed E-state index contributed by atoms with van der Waals surface area (Å²) in [5, 5.41) is 3.34. The standard InChI is InChI=1S/C12H15ClFNO/c1-8-2-4-10(16-8)7-15-9-3-5-12(14)11(13)6-9/h3,5-6,8,10,15H,2,4,7H2,1H3. The molecule has 0 spiro atoms. The van der Waals surface area contributed by atoms with Gasteiger partial charge in [0.05, 0.1) is 17.2 Å². The van der Waals surface area contributed by atoms with E-state index in [2.05, 4.69) is 12.2 Å². The maximum atomic E-state index is 12.9. The van der Waals surface area contributed by atoms with Crippen LogP contribution in [0.15, 0.2) is 18.2 Å². The molecule has 1 aromatic carbocycles. The van der Waals surface area contributed by atoms with E-state index < -0.39 is 5.82 Å². The van der Waals surface area contributed by atoms with Gasteiger partial charge in [-0.25, -0.2) is 4.39 Å². The lowest BCUT2D eigenvalue weighted by Gasteiger charge is -2.13. The first-order valence-electron chi connectivity index (χ1n) is 5.49. The van der Waals surface area contributed by atoms with Crippen molar-refractivity contribution >= 4 is 17.3 Å². The average molecular weight is 244 g/mol. The van der Waals surface area contributed by atoms with Gasteiger partial charge in [0, 0.05) is 12.2 Å². The summed E-state index contributed by atoms with van der Waals surface area (Å²) in [6.45, 7) is 2.82. The van der Waals surface area contributed by atoms with E-state index in [-0.39, 0.29) is 11.1 Å². The summed E-state index contributed by atoms with van der Waals surface area (Å²) in [5.41, 5.74) is 0.828. The quantitative estimate of drug-likeness (QED) is 0.878. The van der Waals surface area contributed by atoms with Gasteiger partial charge in [-0.15, -0.1) is 0 Å². The molecule has 0 saturated carbocycles. The topological polar surface area (TPSA) is 21.3 Å². The van der Waals surface area contributed by atoms with Crippen LogP contribution < -0.4 is 5.32 Å². The van der Waals surface area contributed by atoms with E-state index in [1.54, 1.807) is 12.1 Å². The van der Waals surface area contributed by atoms with Crippen molar-refractivity contribution in [1.29, 1.82) is 0 Å². The normalized spacial score (nSPS) is 24.7. The van der Waals surface area contributed by atoms with Gasteiger partial charge >= 0.3 is 0 Å². The SMILES string of the molecule is CC1CCC(CNc2ccc(F)c(Cl)c2)O1. The number of hydrogen-bond donors (Lipinski definition) is 1. The van der Waals surface area contributed by atoms with Crippen LogP contribution in [0.3, 0.4) is 0 Å². The van der Waals surface area contributed by atoms with E-state index in [9.17, 15) is 4.39 Å². The zero-order valence-electron chi connectivity index (χ0n) is 9.17. The van der Waals surface area contributed by atoms with Crippen molar-refractivity contribution in [2.75, 3.05) is 11.9 Å². The first-order chi connectivity index (χ1) is 7.65. The van der Waals surface area contributed by atoms with E-state index >= 15 is 0 Å². The van der Waals surface area contributed by atoms with Crippen molar-refractivity contribution in [1.82, 2.24) is 0 Å². The van der Waals surface area contributed by atoms with Gasteiger partial charge in [-0.1, -0.05) is 11.6 Å². The fraction of sp³-hybridized carbons (Fsp3) is 0.500.